The molecule has 1 aromatic carbocycles. The van der Waals surface area contributed by atoms with Crippen molar-refractivity contribution in [2.75, 3.05) is 18.1 Å². The van der Waals surface area contributed by atoms with Crippen LogP contribution in [0.15, 0.2) is 18.2 Å². The fourth-order valence-electron chi connectivity index (χ4n) is 2.35. The van der Waals surface area contributed by atoms with Gasteiger partial charge in [-0.3, -0.25) is 4.79 Å². The summed E-state index contributed by atoms with van der Waals surface area (Å²) in [6.45, 7) is 3.43. The lowest BCUT2D eigenvalue weighted by Crippen LogP contribution is -2.48. The number of ether oxygens (including phenoxy) is 1. The van der Waals surface area contributed by atoms with Gasteiger partial charge in [-0.15, -0.1) is 0 Å². The number of halogens is 1. The van der Waals surface area contributed by atoms with E-state index >= 15 is 0 Å². The topological polar surface area (TPSA) is 72.5 Å². The molecule has 2 rings (SSSR count). The summed E-state index contributed by atoms with van der Waals surface area (Å²) >= 11 is 5.98. The van der Waals surface area contributed by atoms with Crippen LogP contribution in [0.4, 0.5) is 0 Å². The highest BCUT2D eigenvalue weighted by atomic mass is 35.5. The van der Waals surface area contributed by atoms with Gasteiger partial charge in [0.25, 0.3) is 5.91 Å². The van der Waals surface area contributed by atoms with Crippen molar-refractivity contribution in [3.05, 3.63) is 28.8 Å². The third-order valence-corrected chi connectivity index (χ3v) is 5.61. The first-order valence-electron chi connectivity index (χ1n) is 6.60. The lowest BCUT2D eigenvalue weighted by molar-refractivity contribution is -0.124. The molecule has 1 aromatic rings. The van der Waals surface area contributed by atoms with Crippen LogP contribution >= 0.6 is 11.6 Å². The highest BCUT2D eigenvalue weighted by molar-refractivity contribution is 7.91. The number of hydrogen-bond donors (Lipinski definition) is 1. The monoisotopic (exact) mass is 331 g/mol. The quantitative estimate of drug-likeness (QED) is 0.911. The maximum Gasteiger partial charge on any atom is 0.258 e. The Labute approximate surface area is 129 Å². The van der Waals surface area contributed by atoms with Crippen LogP contribution in [0.2, 0.25) is 5.02 Å². The van der Waals surface area contributed by atoms with E-state index in [0.29, 0.717) is 17.2 Å². The van der Waals surface area contributed by atoms with Crippen LogP contribution in [0, 0.1) is 6.92 Å². The molecule has 0 aliphatic carbocycles. The Morgan fingerprint density at radius 2 is 2.19 bits per heavy atom. The van der Waals surface area contributed by atoms with Crippen molar-refractivity contribution in [3.63, 3.8) is 0 Å². The summed E-state index contributed by atoms with van der Waals surface area (Å²) in [5.41, 5.74) is 0.263. The number of benzene rings is 1. The predicted octanol–water partition coefficient (Wildman–Crippen LogP) is 1.72. The average molecular weight is 332 g/mol. The Bertz CT molecular complexity index is 659. The maximum atomic E-state index is 11.9. The number of carbonyl (C=O) groups is 1. The van der Waals surface area contributed by atoms with Crippen LogP contribution in [0.3, 0.4) is 0 Å². The van der Waals surface area contributed by atoms with Gasteiger partial charge in [0.05, 0.1) is 22.1 Å². The number of amides is 1. The van der Waals surface area contributed by atoms with Crippen molar-refractivity contribution in [3.8, 4) is 5.75 Å². The van der Waals surface area contributed by atoms with Crippen molar-refractivity contribution >= 4 is 27.3 Å². The minimum absolute atomic E-state index is 0.0308. The molecule has 0 saturated carbocycles. The molecular weight excluding hydrogens is 314 g/mol. The van der Waals surface area contributed by atoms with Gasteiger partial charge in [-0.25, -0.2) is 8.42 Å². The van der Waals surface area contributed by atoms with Crippen LogP contribution in [0.5, 0.6) is 5.75 Å². The van der Waals surface area contributed by atoms with Gasteiger partial charge in [-0.1, -0.05) is 17.7 Å². The molecule has 21 heavy (non-hydrogen) atoms. The van der Waals surface area contributed by atoms with Gasteiger partial charge in [0.2, 0.25) is 0 Å². The average Bonchev–Trinajstić information content (AvgIpc) is 2.64. The molecule has 7 heteroatoms. The lowest BCUT2D eigenvalue weighted by atomic mass is 10.0. The summed E-state index contributed by atoms with van der Waals surface area (Å²) in [6, 6.07) is 5.30. The van der Waals surface area contributed by atoms with Crippen molar-refractivity contribution in [1.82, 2.24) is 5.32 Å². The van der Waals surface area contributed by atoms with E-state index < -0.39 is 15.4 Å². The molecule has 5 nitrogen and oxygen atoms in total. The minimum Gasteiger partial charge on any atom is -0.482 e. The first-order chi connectivity index (χ1) is 9.69. The summed E-state index contributed by atoms with van der Waals surface area (Å²) in [6.07, 6.45) is 0.423. The molecular formula is C14H18ClNO4S. The first-order valence-corrected chi connectivity index (χ1v) is 8.79. The van der Waals surface area contributed by atoms with Gasteiger partial charge in [0.15, 0.2) is 16.4 Å². The molecule has 1 fully saturated rings. The molecule has 1 saturated heterocycles. The fraction of sp³-hybridized carbons (Fsp3) is 0.500. The van der Waals surface area contributed by atoms with Gasteiger partial charge in [-0.2, -0.15) is 0 Å². The van der Waals surface area contributed by atoms with Crippen LogP contribution in [-0.2, 0) is 14.6 Å². The Hall–Kier alpha value is -1.27. The SMILES string of the molecule is Cc1ccc(Cl)c(OCC(=O)N[C@@]2(C)CCS(=O)(=O)C2)c1. The number of hydrogen-bond acceptors (Lipinski definition) is 4. The Balaban J connectivity index is 1.92. The van der Waals surface area contributed by atoms with Gasteiger partial charge >= 0.3 is 0 Å². The van der Waals surface area contributed by atoms with E-state index in [1.54, 1.807) is 19.1 Å². The highest BCUT2D eigenvalue weighted by Gasteiger charge is 2.39. The maximum absolute atomic E-state index is 11.9. The molecule has 0 bridgehead atoms. The van der Waals surface area contributed by atoms with Crippen molar-refractivity contribution in [1.29, 1.82) is 0 Å². The molecule has 0 aromatic heterocycles. The smallest absolute Gasteiger partial charge is 0.258 e. The number of rotatable bonds is 4. The van der Waals surface area contributed by atoms with Gasteiger partial charge in [0.1, 0.15) is 5.75 Å². The lowest BCUT2D eigenvalue weighted by Gasteiger charge is -2.23. The molecule has 1 N–H and O–H groups in total. The minimum atomic E-state index is -3.06. The molecule has 0 radical (unpaired) electrons. The predicted molar refractivity (Wildman–Crippen MR) is 81.5 cm³/mol. The Kier molecular flexibility index (Phi) is 4.49. The second-order valence-corrected chi connectivity index (χ2v) is 8.26. The summed E-state index contributed by atoms with van der Waals surface area (Å²) in [4.78, 5) is 11.9. The zero-order chi connectivity index (χ0) is 15.7. The summed E-state index contributed by atoms with van der Waals surface area (Å²) in [5.74, 6) is 0.161. The Morgan fingerprint density at radius 1 is 1.48 bits per heavy atom. The molecule has 0 spiro atoms. The van der Waals surface area contributed by atoms with Crippen LogP contribution in [-0.4, -0.2) is 38.0 Å². The third-order valence-electron chi connectivity index (χ3n) is 3.39. The molecule has 1 amide bonds. The zero-order valence-corrected chi connectivity index (χ0v) is 13.6. The Morgan fingerprint density at radius 3 is 2.81 bits per heavy atom. The van der Waals surface area contributed by atoms with E-state index in [1.807, 2.05) is 13.0 Å². The number of sulfone groups is 1. The second-order valence-electron chi connectivity index (χ2n) is 5.67. The van der Waals surface area contributed by atoms with Crippen molar-refractivity contribution < 1.29 is 17.9 Å². The van der Waals surface area contributed by atoms with E-state index in [-0.39, 0.29) is 24.0 Å². The standard InChI is InChI=1S/C14H18ClNO4S/c1-10-3-4-11(15)12(7-10)20-8-13(17)16-14(2)5-6-21(18,19)9-14/h3-4,7H,5-6,8-9H2,1-2H3,(H,16,17)/t14-/m0/s1. The van der Waals surface area contributed by atoms with Crippen molar-refractivity contribution in [2.24, 2.45) is 0 Å². The first kappa shape index (κ1) is 16.1. The summed E-state index contributed by atoms with van der Waals surface area (Å²) in [5, 5.41) is 3.16. The molecule has 1 aliphatic heterocycles. The van der Waals surface area contributed by atoms with Gasteiger partial charge in [-0.05, 0) is 38.0 Å². The molecule has 116 valence electrons. The fourth-order valence-corrected chi connectivity index (χ4v) is 4.61. The van der Waals surface area contributed by atoms with E-state index in [1.165, 1.54) is 0 Å². The molecule has 1 heterocycles. The van der Waals surface area contributed by atoms with Crippen molar-refractivity contribution in [2.45, 2.75) is 25.8 Å². The van der Waals surface area contributed by atoms with Gasteiger partial charge in [0, 0.05) is 0 Å². The van der Waals surface area contributed by atoms with Gasteiger partial charge < -0.3 is 10.1 Å². The van der Waals surface area contributed by atoms with Crippen LogP contribution in [0.1, 0.15) is 18.9 Å². The number of aryl methyl sites for hydroxylation is 1. The largest absolute Gasteiger partial charge is 0.482 e. The van der Waals surface area contributed by atoms with E-state index in [9.17, 15) is 13.2 Å². The van der Waals surface area contributed by atoms with E-state index in [4.69, 9.17) is 16.3 Å². The molecule has 1 atom stereocenters. The van der Waals surface area contributed by atoms with E-state index in [0.717, 1.165) is 5.56 Å². The summed E-state index contributed by atoms with van der Waals surface area (Å²) < 4.78 is 28.4. The molecule has 0 unspecified atom stereocenters. The second kappa shape index (κ2) is 5.85. The normalized spacial score (nSPS) is 23.8. The van der Waals surface area contributed by atoms with Crippen LogP contribution < -0.4 is 10.1 Å². The number of nitrogens with one attached hydrogen (secondary N) is 1. The molecule has 1 aliphatic rings. The number of carbonyl (C=O) groups excluding carboxylic acids is 1. The zero-order valence-electron chi connectivity index (χ0n) is 12.0. The van der Waals surface area contributed by atoms with Crippen LogP contribution in [0.25, 0.3) is 0 Å². The van der Waals surface area contributed by atoms with E-state index in [2.05, 4.69) is 5.32 Å². The highest BCUT2D eigenvalue weighted by Crippen LogP contribution is 2.25. The third kappa shape index (κ3) is 4.35. The summed E-state index contributed by atoms with van der Waals surface area (Å²) in [7, 11) is -3.06.